The third kappa shape index (κ3) is 3.00. The second-order valence-electron chi connectivity index (χ2n) is 7.87. The molecule has 0 unspecified atom stereocenters. The third-order valence-corrected chi connectivity index (χ3v) is 5.89. The zero-order valence-corrected chi connectivity index (χ0v) is 17.8. The number of hydrogen-bond acceptors (Lipinski definition) is 6. The molecule has 0 bridgehead atoms. The zero-order valence-electron chi connectivity index (χ0n) is 17.8. The van der Waals surface area contributed by atoms with Crippen LogP contribution in [0.2, 0.25) is 0 Å². The monoisotopic (exact) mass is 462 g/mol. The number of nitrogens with zero attached hydrogens (tertiary/aromatic N) is 6. The lowest BCUT2D eigenvalue weighted by molar-refractivity contribution is -0.137. The molecule has 0 radical (unpaired) electrons. The average Bonchev–Trinajstić information content (AvgIpc) is 3.31. The van der Waals surface area contributed by atoms with Crippen LogP contribution in [0.15, 0.2) is 47.5 Å². The van der Waals surface area contributed by atoms with Crippen LogP contribution in [0.1, 0.15) is 33.6 Å². The normalized spacial score (nSPS) is 12.3. The first-order chi connectivity index (χ1) is 16.7. The number of hydrogen-bond donors (Lipinski definition) is 0. The van der Waals surface area contributed by atoms with Gasteiger partial charge in [-0.15, -0.1) is 0 Å². The minimum atomic E-state index is -4.64. The lowest BCUT2D eigenvalue weighted by Gasteiger charge is -2.09. The fraction of sp³-hybridized carbons (Fsp3) is 0.0769. The summed E-state index contributed by atoms with van der Waals surface area (Å²) in [4.78, 5) is 9.31. The van der Waals surface area contributed by atoms with E-state index in [1.54, 1.807) is 24.3 Å². The van der Waals surface area contributed by atoms with Crippen LogP contribution in [0.25, 0.3) is 33.7 Å². The van der Waals surface area contributed by atoms with Gasteiger partial charge in [-0.3, -0.25) is 0 Å². The van der Waals surface area contributed by atoms with E-state index in [-0.39, 0.29) is 44.9 Å². The Morgan fingerprint density at radius 2 is 1.11 bits per heavy atom. The molecule has 0 spiro atoms. The molecule has 1 heterocycles. The number of aryl methyl sites for hydroxylation is 1. The molecule has 35 heavy (non-hydrogen) atoms. The van der Waals surface area contributed by atoms with Crippen LogP contribution in [-0.4, -0.2) is 9.97 Å². The van der Waals surface area contributed by atoms with Crippen LogP contribution in [0, 0.1) is 52.2 Å². The highest BCUT2D eigenvalue weighted by Crippen LogP contribution is 2.50. The van der Waals surface area contributed by atoms with Crippen LogP contribution in [0.4, 0.5) is 13.2 Å². The first-order valence-corrected chi connectivity index (χ1v) is 10.1. The Hall–Kier alpha value is -5.25. The molecule has 0 N–H and O–H groups in total. The smallest absolute Gasteiger partial charge is 0.243 e. The van der Waals surface area contributed by atoms with Crippen molar-refractivity contribution in [2.45, 2.75) is 13.1 Å². The Morgan fingerprint density at radius 1 is 0.657 bits per heavy atom. The van der Waals surface area contributed by atoms with Gasteiger partial charge in [0.05, 0.1) is 17.0 Å². The van der Waals surface area contributed by atoms with Crippen molar-refractivity contribution in [2.24, 2.45) is 0 Å². The van der Waals surface area contributed by atoms with Crippen molar-refractivity contribution in [3.63, 3.8) is 0 Å². The van der Waals surface area contributed by atoms with Crippen molar-refractivity contribution in [1.29, 1.82) is 21.0 Å². The fourth-order valence-corrected chi connectivity index (χ4v) is 4.40. The minimum absolute atomic E-state index is 0.0204. The second-order valence-corrected chi connectivity index (χ2v) is 7.87. The topological polar surface area (TPSA) is 121 Å². The molecule has 2 aliphatic carbocycles. The van der Waals surface area contributed by atoms with Crippen LogP contribution in [-0.2, 0) is 6.18 Å². The number of fused-ring (bicyclic) bond motifs is 6. The van der Waals surface area contributed by atoms with E-state index in [4.69, 9.17) is 0 Å². The minimum Gasteiger partial charge on any atom is -0.243 e. The number of nitriles is 4. The highest BCUT2D eigenvalue weighted by Gasteiger charge is 2.38. The van der Waals surface area contributed by atoms with Crippen molar-refractivity contribution >= 4 is 11.1 Å². The van der Waals surface area contributed by atoms with Gasteiger partial charge in [-0.05, 0) is 30.2 Å². The molecule has 0 amide bonds. The van der Waals surface area contributed by atoms with E-state index in [2.05, 4.69) is 9.97 Å². The van der Waals surface area contributed by atoms with Gasteiger partial charge in [-0.1, -0.05) is 29.8 Å². The van der Waals surface area contributed by atoms with E-state index in [0.717, 1.165) is 17.7 Å². The highest BCUT2D eigenvalue weighted by atomic mass is 19.4. The number of alkyl halides is 3. The summed E-state index contributed by atoms with van der Waals surface area (Å²) < 4.78 is 40.3. The molecule has 0 atom stereocenters. The molecule has 2 aliphatic rings. The Balaban J connectivity index is 1.91. The average molecular weight is 462 g/mol. The molecular weight excluding hydrogens is 453 g/mol. The van der Waals surface area contributed by atoms with Crippen LogP contribution in [0.5, 0.6) is 0 Å². The van der Waals surface area contributed by atoms with Crippen LogP contribution < -0.4 is 0 Å². The molecule has 2 aromatic carbocycles. The van der Waals surface area contributed by atoms with Crippen molar-refractivity contribution in [3.05, 3.63) is 81.2 Å². The molecule has 0 aliphatic heterocycles. The molecular formula is C26H9F3N6. The van der Waals surface area contributed by atoms with Crippen molar-refractivity contribution in [2.75, 3.05) is 0 Å². The van der Waals surface area contributed by atoms with Gasteiger partial charge in [0.2, 0.25) is 0 Å². The zero-order chi connectivity index (χ0) is 25.1. The molecule has 164 valence electrons. The summed E-state index contributed by atoms with van der Waals surface area (Å²) in [5.74, 6) is 0. The Kier molecular flexibility index (Phi) is 4.56. The van der Waals surface area contributed by atoms with Gasteiger partial charge in [0, 0.05) is 22.3 Å². The third-order valence-electron chi connectivity index (χ3n) is 5.89. The number of allylic oxidation sites excluding steroid dienone is 2. The van der Waals surface area contributed by atoms with Gasteiger partial charge < -0.3 is 0 Å². The molecule has 1 aromatic heterocycles. The fourth-order valence-electron chi connectivity index (χ4n) is 4.40. The van der Waals surface area contributed by atoms with E-state index in [1.807, 2.05) is 25.1 Å². The first-order valence-electron chi connectivity index (χ1n) is 10.1. The predicted molar refractivity (Wildman–Crippen MR) is 117 cm³/mol. The number of rotatable bonds is 0. The van der Waals surface area contributed by atoms with Gasteiger partial charge in [0.15, 0.2) is 0 Å². The maximum absolute atomic E-state index is 13.4. The quantitative estimate of drug-likeness (QED) is 0.282. The van der Waals surface area contributed by atoms with E-state index >= 15 is 0 Å². The molecule has 0 fully saturated rings. The number of halogens is 3. The molecule has 5 rings (SSSR count). The lowest BCUT2D eigenvalue weighted by atomic mass is 9.99. The Bertz CT molecular complexity index is 1700. The molecule has 6 nitrogen and oxygen atoms in total. The predicted octanol–water partition coefficient (Wildman–Crippen LogP) is 5.46. The van der Waals surface area contributed by atoms with E-state index in [0.29, 0.717) is 16.8 Å². The summed E-state index contributed by atoms with van der Waals surface area (Å²) in [6.45, 7) is 1.85. The van der Waals surface area contributed by atoms with Gasteiger partial charge in [-0.2, -0.15) is 34.2 Å². The van der Waals surface area contributed by atoms with Gasteiger partial charge in [0.25, 0.3) is 0 Å². The molecule has 0 saturated heterocycles. The standard InChI is InChI=1S/C26H9F3N6/c1-12-2-4-16-18(6-12)20(13(8-30)9-31)24-22(16)34-25-21(14(10-32)11-33)19-7-15(26(27,28)29)3-5-17(19)23(25)35-24/h2-7H,1H3. The number of benzene rings is 2. The molecule has 3 aromatic rings. The Labute approximate surface area is 196 Å². The van der Waals surface area contributed by atoms with Gasteiger partial charge in [0.1, 0.15) is 46.8 Å². The van der Waals surface area contributed by atoms with E-state index in [1.165, 1.54) is 6.07 Å². The first kappa shape index (κ1) is 21.6. The maximum atomic E-state index is 13.4. The second kappa shape index (κ2) is 7.39. The summed E-state index contributed by atoms with van der Waals surface area (Å²) in [6.07, 6.45) is -4.64. The summed E-state index contributed by atoms with van der Waals surface area (Å²) >= 11 is 0. The summed E-state index contributed by atoms with van der Waals surface area (Å²) in [5, 5.41) is 38.3. The van der Waals surface area contributed by atoms with Crippen molar-refractivity contribution < 1.29 is 13.2 Å². The van der Waals surface area contributed by atoms with E-state index in [9.17, 15) is 34.2 Å². The van der Waals surface area contributed by atoms with E-state index < -0.39 is 17.3 Å². The molecule has 9 heteroatoms. The van der Waals surface area contributed by atoms with Crippen molar-refractivity contribution in [3.8, 4) is 46.8 Å². The molecule has 0 saturated carbocycles. The largest absolute Gasteiger partial charge is 0.416 e. The van der Waals surface area contributed by atoms with Gasteiger partial charge >= 0.3 is 6.18 Å². The highest BCUT2D eigenvalue weighted by molar-refractivity contribution is 6.06. The van der Waals surface area contributed by atoms with Gasteiger partial charge in [-0.25, -0.2) is 9.97 Å². The van der Waals surface area contributed by atoms with Crippen molar-refractivity contribution in [1.82, 2.24) is 9.97 Å². The summed E-state index contributed by atoms with van der Waals surface area (Å²) in [7, 11) is 0. The SMILES string of the molecule is Cc1ccc2c(c1)C(=C(C#N)C#N)c1nc3c(nc1-2)C(=C(C#N)C#N)c1cc(C(F)(F)F)ccc1-3. The summed E-state index contributed by atoms with van der Waals surface area (Å²) in [6, 6.07) is 15.6. The number of aromatic nitrogens is 2. The van der Waals surface area contributed by atoms with Crippen LogP contribution >= 0.6 is 0 Å². The maximum Gasteiger partial charge on any atom is 0.416 e. The lowest BCUT2D eigenvalue weighted by Crippen LogP contribution is -2.05. The Morgan fingerprint density at radius 3 is 1.57 bits per heavy atom. The summed E-state index contributed by atoms with van der Waals surface area (Å²) in [5.41, 5.74) is 1.88. The van der Waals surface area contributed by atoms with Crippen LogP contribution in [0.3, 0.4) is 0 Å².